The van der Waals surface area contributed by atoms with Crippen LogP contribution < -0.4 is 5.32 Å². The van der Waals surface area contributed by atoms with Gasteiger partial charge < -0.3 is 5.32 Å². The van der Waals surface area contributed by atoms with Crippen molar-refractivity contribution in [2.24, 2.45) is 0 Å². The summed E-state index contributed by atoms with van der Waals surface area (Å²) in [6.07, 6.45) is 5.49. The summed E-state index contributed by atoms with van der Waals surface area (Å²) in [5.41, 5.74) is 2.78. The maximum absolute atomic E-state index is 4.48. The van der Waals surface area contributed by atoms with E-state index in [-0.39, 0.29) is 0 Å². The number of rotatable bonds is 7. The summed E-state index contributed by atoms with van der Waals surface area (Å²) >= 11 is 0. The first-order chi connectivity index (χ1) is 7.69. The van der Waals surface area contributed by atoms with Crippen LogP contribution in [0.2, 0.25) is 0 Å². The molecule has 0 saturated carbocycles. The summed E-state index contributed by atoms with van der Waals surface area (Å²) in [7, 11) is 0. The standard InChI is InChI=1S/C13H25N3/c1-5-7-13-12(9-14-11(3)4)10-15-16(13)8-6-2/h10-11,14H,5-9H2,1-4H3. The largest absolute Gasteiger partial charge is 0.310 e. The molecule has 16 heavy (non-hydrogen) atoms. The van der Waals surface area contributed by atoms with Crippen molar-refractivity contribution in [2.45, 2.75) is 66.1 Å². The van der Waals surface area contributed by atoms with Crippen LogP contribution in [0.5, 0.6) is 0 Å². The molecule has 3 heteroatoms. The molecule has 1 aromatic heterocycles. The van der Waals surface area contributed by atoms with Crippen molar-refractivity contribution in [1.82, 2.24) is 15.1 Å². The van der Waals surface area contributed by atoms with E-state index >= 15 is 0 Å². The molecule has 0 bridgehead atoms. The second-order valence-corrected chi connectivity index (χ2v) is 4.63. The first-order valence-corrected chi connectivity index (χ1v) is 6.45. The Labute approximate surface area is 99.2 Å². The van der Waals surface area contributed by atoms with Crippen LogP contribution in [0.25, 0.3) is 0 Å². The minimum absolute atomic E-state index is 0.531. The Morgan fingerprint density at radius 2 is 2.06 bits per heavy atom. The maximum atomic E-state index is 4.48. The summed E-state index contributed by atoms with van der Waals surface area (Å²) in [6.45, 7) is 10.8. The van der Waals surface area contributed by atoms with Crippen LogP contribution in [0.15, 0.2) is 6.20 Å². The van der Waals surface area contributed by atoms with Crippen LogP contribution in [0, 0.1) is 0 Å². The molecule has 0 saturated heterocycles. The van der Waals surface area contributed by atoms with Gasteiger partial charge in [-0.25, -0.2) is 0 Å². The molecule has 0 aliphatic rings. The second kappa shape index (κ2) is 6.69. The monoisotopic (exact) mass is 223 g/mol. The van der Waals surface area contributed by atoms with E-state index in [9.17, 15) is 0 Å². The van der Waals surface area contributed by atoms with Gasteiger partial charge in [0.1, 0.15) is 0 Å². The highest BCUT2D eigenvalue weighted by molar-refractivity contribution is 5.18. The number of hydrogen-bond donors (Lipinski definition) is 1. The van der Waals surface area contributed by atoms with Gasteiger partial charge in [-0.3, -0.25) is 4.68 Å². The molecule has 3 nitrogen and oxygen atoms in total. The molecule has 1 N–H and O–H groups in total. The van der Waals surface area contributed by atoms with Gasteiger partial charge >= 0.3 is 0 Å². The second-order valence-electron chi connectivity index (χ2n) is 4.63. The topological polar surface area (TPSA) is 29.9 Å². The number of hydrogen-bond acceptors (Lipinski definition) is 2. The zero-order chi connectivity index (χ0) is 12.0. The fourth-order valence-electron chi connectivity index (χ4n) is 1.84. The van der Waals surface area contributed by atoms with Crippen molar-refractivity contribution >= 4 is 0 Å². The van der Waals surface area contributed by atoms with Crippen molar-refractivity contribution in [2.75, 3.05) is 0 Å². The van der Waals surface area contributed by atoms with Crippen LogP contribution in [-0.2, 0) is 19.5 Å². The highest BCUT2D eigenvalue weighted by atomic mass is 15.3. The van der Waals surface area contributed by atoms with E-state index in [2.05, 4.69) is 42.8 Å². The maximum Gasteiger partial charge on any atom is 0.0537 e. The lowest BCUT2D eigenvalue weighted by Crippen LogP contribution is -2.22. The predicted molar refractivity (Wildman–Crippen MR) is 68.5 cm³/mol. The van der Waals surface area contributed by atoms with E-state index in [4.69, 9.17) is 0 Å². The van der Waals surface area contributed by atoms with Crippen LogP contribution in [0.4, 0.5) is 0 Å². The summed E-state index contributed by atoms with van der Waals surface area (Å²) < 4.78 is 2.17. The third kappa shape index (κ3) is 3.63. The number of nitrogens with one attached hydrogen (secondary N) is 1. The molecule has 0 spiro atoms. The lowest BCUT2D eigenvalue weighted by atomic mass is 10.1. The van der Waals surface area contributed by atoms with Crippen molar-refractivity contribution < 1.29 is 0 Å². The van der Waals surface area contributed by atoms with Gasteiger partial charge in [0.05, 0.1) is 6.20 Å². The Morgan fingerprint density at radius 1 is 1.31 bits per heavy atom. The molecule has 0 unspecified atom stereocenters. The molecule has 1 heterocycles. The van der Waals surface area contributed by atoms with Crippen molar-refractivity contribution in [3.63, 3.8) is 0 Å². The minimum Gasteiger partial charge on any atom is -0.310 e. The molecule has 1 aromatic rings. The smallest absolute Gasteiger partial charge is 0.0537 e. The molecule has 0 aliphatic carbocycles. The summed E-state index contributed by atoms with van der Waals surface area (Å²) in [5, 5.41) is 7.94. The fourth-order valence-corrected chi connectivity index (χ4v) is 1.84. The highest BCUT2D eigenvalue weighted by Crippen LogP contribution is 2.12. The van der Waals surface area contributed by atoms with E-state index in [0.29, 0.717) is 6.04 Å². The van der Waals surface area contributed by atoms with Crippen molar-refractivity contribution in [3.05, 3.63) is 17.5 Å². The Balaban J connectivity index is 2.73. The average molecular weight is 223 g/mol. The molecular weight excluding hydrogens is 198 g/mol. The van der Waals surface area contributed by atoms with E-state index in [1.54, 1.807) is 0 Å². The molecule has 92 valence electrons. The quantitative estimate of drug-likeness (QED) is 0.770. The SMILES string of the molecule is CCCc1c(CNC(C)C)cnn1CCC. The molecule has 0 amide bonds. The van der Waals surface area contributed by atoms with Gasteiger partial charge in [-0.1, -0.05) is 34.1 Å². The first kappa shape index (κ1) is 13.2. The molecule has 0 aromatic carbocycles. The molecule has 1 rings (SSSR count). The Hall–Kier alpha value is -0.830. The van der Waals surface area contributed by atoms with Gasteiger partial charge in [-0.05, 0) is 12.8 Å². The van der Waals surface area contributed by atoms with E-state index < -0.39 is 0 Å². The molecule has 0 aliphatic heterocycles. The summed E-state index contributed by atoms with van der Waals surface area (Å²) in [4.78, 5) is 0. The minimum atomic E-state index is 0.531. The van der Waals surface area contributed by atoms with Crippen molar-refractivity contribution in [3.8, 4) is 0 Å². The first-order valence-electron chi connectivity index (χ1n) is 6.45. The molecular formula is C13H25N3. The lowest BCUT2D eigenvalue weighted by Gasteiger charge is -2.10. The Morgan fingerprint density at radius 3 is 2.62 bits per heavy atom. The zero-order valence-corrected chi connectivity index (χ0v) is 11.1. The van der Waals surface area contributed by atoms with Gasteiger partial charge in [0.2, 0.25) is 0 Å². The summed E-state index contributed by atoms with van der Waals surface area (Å²) in [6, 6.07) is 0.531. The third-order valence-electron chi connectivity index (χ3n) is 2.66. The highest BCUT2D eigenvalue weighted by Gasteiger charge is 2.09. The molecule has 0 radical (unpaired) electrons. The van der Waals surface area contributed by atoms with Gasteiger partial charge in [0, 0.05) is 30.4 Å². The third-order valence-corrected chi connectivity index (χ3v) is 2.66. The zero-order valence-electron chi connectivity index (χ0n) is 11.1. The van der Waals surface area contributed by atoms with Gasteiger partial charge in [-0.15, -0.1) is 0 Å². The van der Waals surface area contributed by atoms with Crippen molar-refractivity contribution in [1.29, 1.82) is 0 Å². The molecule has 0 fully saturated rings. The van der Waals surface area contributed by atoms with Gasteiger partial charge in [0.15, 0.2) is 0 Å². The Kier molecular flexibility index (Phi) is 5.53. The van der Waals surface area contributed by atoms with E-state index in [1.165, 1.54) is 17.7 Å². The summed E-state index contributed by atoms with van der Waals surface area (Å²) in [5.74, 6) is 0. The molecule has 0 atom stereocenters. The van der Waals surface area contributed by atoms with Gasteiger partial charge in [0.25, 0.3) is 0 Å². The van der Waals surface area contributed by atoms with Crippen LogP contribution >= 0.6 is 0 Å². The van der Waals surface area contributed by atoms with Crippen LogP contribution in [0.3, 0.4) is 0 Å². The lowest BCUT2D eigenvalue weighted by molar-refractivity contribution is 0.559. The number of aryl methyl sites for hydroxylation is 1. The van der Waals surface area contributed by atoms with E-state index in [1.807, 2.05) is 6.20 Å². The number of nitrogens with zero attached hydrogens (tertiary/aromatic N) is 2. The van der Waals surface area contributed by atoms with Crippen LogP contribution in [-0.4, -0.2) is 15.8 Å². The van der Waals surface area contributed by atoms with Gasteiger partial charge in [-0.2, -0.15) is 5.10 Å². The van der Waals surface area contributed by atoms with E-state index in [0.717, 1.165) is 25.9 Å². The normalized spacial score (nSPS) is 11.3. The predicted octanol–water partition coefficient (Wildman–Crippen LogP) is 2.74. The van der Waals surface area contributed by atoms with Crippen LogP contribution in [0.1, 0.15) is 51.8 Å². The Bertz CT molecular complexity index is 302. The average Bonchev–Trinajstić information content (AvgIpc) is 2.60. The fraction of sp³-hybridized carbons (Fsp3) is 0.769. The number of aromatic nitrogens is 2.